The first-order valence-electron chi connectivity index (χ1n) is 6.94. The molecule has 2 aromatic carbocycles. The van der Waals surface area contributed by atoms with Gasteiger partial charge in [-0.3, -0.25) is 9.59 Å². The second-order valence-corrected chi connectivity index (χ2v) is 5.19. The Labute approximate surface area is 132 Å². The van der Waals surface area contributed by atoms with E-state index in [9.17, 15) is 14.4 Å². The third-order valence-electron chi connectivity index (χ3n) is 3.71. The number of carbonyl (C=O) groups excluding carboxylic acids is 3. The number of nitrogen functional groups attached to an aromatic ring is 1. The average Bonchev–Trinajstić information content (AvgIpc) is 2.79. The maximum atomic E-state index is 12.2. The molecule has 1 amide bonds. The van der Waals surface area contributed by atoms with Gasteiger partial charge in [0.15, 0.2) is 0 Å². The third-order valence-corrected chi connectivity index (χ3v) is 3.71. The minimum atomic E-state index is -0.581. The molecule has 1 heterocycles. The second kappa shape index (κ2) is 5.57. The van der Waals surface area contributed by atoms with Crippen molar-refractivity contribution in [2.45, 2.75) is 6.54 Å². The van der Waals surface area contributed by atoms with Crippen LogP contribution in [0.5, 0.6) is 0 Å². The fourth-order valence-corrected chi connectivity index (χ4v) is 2.52. The van der Waals surface area contributed by atoms with Crippen LogP contribution in [0.25, 0.3) is 0 Å². The fraction of sp³-hybridized carbons (Fsp3) is 0.118. The van der Waals surface area contributed by atoms with Crippen molar-refractivity contribution in [3.05, 3.63) is 59.2 Å². The number of ether oxygens (including phenoxy) is 1. The Kier molecular flexibility index (Phi) is 3.57. The summed E-state index contributed by atoms with van der Waals surface area (Å²) in [6, 6.07) is 11.5. The number of esters is 1. The van der Waals surface area contributed by atoms with Crippen molar-refractivity contribution >= 4 is 29.0 Å². The summed E-state index contributed by atoms with van der Waals surface area (Å²) in [6.45, 7) is 0.239. The molecular formula is C17H14N2O4. The summed E-state index contributed by atoms with van der Waals surface area (Å²) in [7, 11) is 1.31. The van der Waals surface area contributed by atoms with Gasteiger partial charge >= 0.3 is 5.97 Å². The van der Waals surface area contributed by atoms with Crippen LogP contribution in [0.2, 0.25) is 0 Å². The number of anilines is 2. The third kappa shape index (κ3) is 2.55. The predicted molar refractivity (Wildman–Crippen MR) is 84.2 cm³/mol. The highest BCUT2D eigenvalue weighted by atomic mass is 16.5. The van der Waals surface area contributed by atoms with E-state index in [0.717, 1.165) is 5.56 Å². The number of carbonyl (C=O) groups is 3. The molecule has 0 unspecified atom stereocenters. The molecule has 6 heteroatoms. The Hall–Kier alpha value is -3.15. The van der Waals surface area contributed by atoms with Crippen molar-refractivity contribution in [3.8, 4) is 0 Å². The lowest BCUT2D eigenvalue weighted by Crippen LogP contribution is -2.29. The lowest BCUT2D eigenvalue weighted by atomic mass is 10.1. The van der Waals surface area contributed by atoms with E-state index < -0.39 is 17.7 Å². The molecule has 0 aliphatic carbocycles. The molecule has 2 N–H and O–H groups in total. The molecule has 1 aliphatic heterocycles. The minimum Gasteiger partial charge on any atom is -0.465 e. The summed E-state index contributed by atoms with van der Waals surface area (Å²) in [6.07, 6.45) is 0. The molecule has 3 rings (SSSR count). The van der Waals surface area contributed by atoms with Crippen molar-refractivity contribution in [3.63, 3.8) is 0 Å². The van der Waals surface area contributed by atoms with Crippen molar-refractivity contribution < 1.29 is 19.1 Å². The quantitative estimate of drug-likeness (QED) is 0.530. The maximum absolute atomic E-state index is 12.2. The normalized spacial score (nSPS) is 13.2. The highest BCUT2D eigenvalue weighted by molar-refractivity contribution is 6.52. The molecule has 0 saturated heterocycles. The van der Waals surface area contributed by atoms with Crippen molar-refractivity contribution in [2.75, 3.05) is 17.7 Å². The van der Waals surface area contributed by atoms with Crippen LogP contribution in [-0.4, -0.2) is 24.8 Å². The molecule has 2 aromatic rings. The molecular weight excluding hydrogens is 296 g/mol. The number of nitrogens with two attached hydrogens (primary N) is 1. The average molecular weight is 310 g/mol. The van der Waals surface area contributed by atoms with E-state index in [1.54, 1.807) is 36.4 Å². The largest absolute Gasteiger partial charge is 0.465 e. The van der Waals surface area contributed by atoms with Gasteiger partial charge in [0.05, 0.1) is 30.5 Å². The first kappa shape index (κ1) is 14.8. The van der Waals surface area contributed by atoms with Gasteiger partial charge in [-0.25, -0.2) is 4.79 Å². The summed E-state index contributed by atoms with van der Waals surface area (Å²) < 4.78 is 4.64. The predicted octanol–water partition coefficient (Wildman–Crippen LogP) is 1.78. The van der Waals surface area contributed by atoms with E-state index >= 15 is 0 Å². The topological polar surface area (TPSA) is 89.7 Å². The van der Waals surface area contributed by atoms with Gasteiger partial charge in [-0.15, -0.1) is 0 Å². The van der Waals surface area contributed by atoms with Crippen LogP contribution in [0.4, 0.5) is 11.4 Å². The van der Waals surface area contributed by atoms with Crippen LogP contribution in [0.1, 0.15) is 26.3 Å². The van der Waals surface area contributed by atoms with Crippen LogP contribution < -0.4 is 10.6 Å². The Morgan fingerprint density at radius 3 is 2.48 bits per heavy atom. The summed E-state index contributed by atoms with van der Waals surface area (Å²) in [4.78, 5) is 37.0. The van der Waals surface area contributed by atoms with Gasteiger partial charge in [0, 0.05) is 5.69 Å². The summed E-state index contributed by atoms with van der Waals surface area (Å²) in [5.74, 6) is -1.56. The standard InChI is InChI=1S/C17H14N2O4/c1-23-17(22)11-4-2-10(3-5-11)9-19-14-7-6-12(18)8-13(14)15(20)16(19)21/h2-8H,9,18H2,1H3. The highest BCUT2D eigenvalue weighted by Crippen LogP contribution is 2.31. The number of rotatable bonds is 3. The molecule has 116 valence electrons. The first-order chi connectivity index (χ1) is 11.0. The van der Waals surface area contributed by atoms with Crippen LogP contribution >= 0.6 is 0 Å². The Bertz CT molecular complexity index is 812. The number of ketones is 1. The van der Waals surface area contributed by atoms with Gasteiger partial charge in [-0.2, -0.15) is 0 Å². The van der Waals surface area contributed by atoms with Crippen LogP contribution in [0.3, 0.4) is 0 Å². The zero-order valence-corrected chi connectivity index (χ0v) is 12.4. The fourth-order valence-electron chi connectivity index (χ4n) is 2.52. The summed E-state index contributed by atoms with van der Waals surface area (Å²) >= 11 is 0. The molecule has 6 nitrogen and oxygen atoms in total. The number of amides is 1. The molecule has 23 heavy (non-hydrogen) atoms. The molecule has 0 bridgehead atoms. The van der Waals surface area contributed by atoms with E-state index in [4.69, 9.17) is 5.73 Å². The SMILES string of the molecule is COC(=O)c1ccc(CN2C(=O)C(=O)c3cc(N)ccc32)cc1. The van der Waals surface area contributed by atoms with Gasteiger partial charge in [-0.1, -0.05) is 12.1 Å². The van der Waals surface area contributed by atoms with E-state index in [1.807, 2.05) is 0 Å². The molecule has 0 aromatic heterocycles. The van der Waals surface area contributed by atoms with E-state index in [2.05, 4.69) is 4.74 Å². The van der Waals surface area contributed by atoms with Crippen LogP contribution in [0.15, 0.2) is 42.5 Å². The van der Waals surface area contributed by atoms with Crippen LogP contribution in [0, 0.1) is 0 Å². The van der Waals surface area contributed by atoms with Crippen molar-refractivity contribution in [1.29, 1.82) is 0 Å². The summed E-state index contributed by atoms with van der Waals surface area (Å²) in [5, 5.41) is 0. The molecule has 0 fully saturated rings. The number of methoxy groups -OCH3 is 1. The molecule has 0 saturated carbocycles. The van der Waals surface area contributed by atoms with Gasteiger partial charge in [0.1, 0.15) is 0 Å². The number of fused-ring (bicyclic) bond motifs is 1. The molecule has 0 radical (unpaired) electrons. The van der Waals surface area contributed by atoms with Crippen molar-refractivity contribution in [1.82, 2.24) is 0 Å². The Morgan fingerprint density at radius 1 is 1.13 bits per heavy atom. The van der Waals surface area contributed by atoms with Gasteiger partial charge in [0.25, 0.3) is 11.7 Å². The molecule has 1 aliphatic rings. The lowest BCUT2D eigenvalue weighted by molar-refractivity contribution is -0.114. The number of nitrogens with zero attached hydrogens (tertiary/aromatic N) is 1. The Morgan fingerprint density at radius 2 is 1.83 bits per heavy atom. The number of hydrogen-bond donors (Lipinski definition) is 1. The van der Waals surface area contributed by atoms with E-state index in [-0.39, 0.29) is 6.54 Å². The van der Waals surface area contributed by atoms with Gasteiger partial charge < -0.3 is 15.4 Å². The smallest absolute Gasteiger partial charge is 0.337 e. The zero-order chi connectivity index (χ0) is 16.6. The zero-order valence-electron chi connectivity index (χ0n) is 12.4. The van der Waals surface area contributed by atoms with Gasteiger partial charge in [-0.05, 0) is 35.9 Å². The first-order valence-corrected chi connectivity index (χ1v) is 6.94. The van der Waals surface area contributed by atoms with Crippen LogP contribution in [-0.2, 0) is 16.1 Å². The number of Topliss-reactive ketones (excluding diaryl/α,β-unsaturated/α-hetero) is 1. The number of hydrogen-bond acceptors (Lipinski definition) is 5. The maximum Gasteiger partial charge on any atom is 0.337 e. The molecule has 0 atom stereocenters. The molecule has 0 spiro atoms. The lowest BCUT2D eigenvalue weighted by Gasteiger charge is -2.16. The number of benzene rings is 2. The van der Waals surface area contributed by atoms with Gasteiger partial charge in [0.2, 0.25) is 0 Å². The van der Waals surface area contributed by atoms with E-state index in [0.29, 0.717) is 22.5 Å². The minimum absolute atomic E-state index is 0.239. The highest BCUT2D eigenvalue weighted by Gasteiger charge is 2.35. The second-order valence-electron chi connectivity index (χ2n) is 5.19. The Balaban J connectivity index is 1.88. The summed E-state index contributed by atoms with van der Waals surface area (Å²) in [5.41, 5.74) is 8.20. The van der Waals surface area contributed by atoms with E-state index in [1.165, 1.54) is 18.1 Å². The van der Waals surface area contributed by atoms with Crippen molar-refractivity contribution in [2.24, 2.45) is 0 Å². The monoisotopic (exact) mass is 310 g/mol.